The van der Waals surface area contributed by atoms with Gasteiger partial charge in [0.05, 0.1) is 13.1 Å². The fourth-order valence-corrected chi connectivity index (χ4v) is 2.85. The lowest BCUT2D eigenvalue weighted by Crippen LogP contribution is -2.30. The molecule has 2 aromatic rings. The van der Waals surface area contributed by atoms with Crippen molar-refractivity contribution in [2.45, 2.75) is 9.79 Å². The number of hydrogen-bond acceptors (Lipinski definition) is 11. The van der Waals surface area contributed by atoms with Gasteiger partial charge in [0.25, 0.3) is 0 Å². The number of benzene rings is 2. The highest BCUT2D eigenvalue weighted by Crippen LogP contribution is 2.19. The second-order valence-electron chi connectivity index (χ2n) is 6.41. The Kier molecular flexibility index (Phi) is 19.9. The number of phenols is 1. The Labute approximate surface area is 230 Å². The van der Waals surface area contributed by atoms with E-state index in [4.69, 9.17) is 14.6 Å². The smallest absolute Gasteiger partial charge is 0.412 e. The molecule has 10 nitrogen and oxygen atoms in total. The quantitative estimate of drug-likeness (QED) is 0.101. The van der Waals surface area contributed by atoms with Crippen molar-refractivity contribution in [1.29, 1.82) is 0 Å². The number of nitrogens with one attached hydrogen (secondary N) is 1. The Balaban J connectivity index is 0.000000604. The van der Waals surface area contributed by atoms with Gasteiger partial charge in [-0.3, -0.25) is 0 Å². The number of aliphatic imine (C=N–C) groups is 1. The number of amides is 1. The third-order valence-electron chi connectivity index (χ3n) is 3.80. The molecule has 0 radical (unpaired) electrons. The molecule has 0 saturated carbocycles. The molecular weight excluding hydrogens is 532 g/mol. The predicted molar refractivity (Wildman–Crippen MR) is 147 cm³/mol. The number of ether oxygens (including phenoxy) is 3. The summed E-state index contributed by atoms with van der Waals surface area (Å²) in [5.41, 5.74) is 0. The number of phenolic OH excluding ortho intramolecular Hbond substituents is 1. The third kappa shape index (κ3) is 18.3. The van der Waals surface area contributed by atoms with Crippen LogP contribution in [0.3, 0.4) is 0 Å². The molecule has 12 heteroatoms. The van der Waals surface area contributed by atoms with Crippen LogP contribution in [-0.2, 0) is 23.9 Å². The molecule has 204 valence electrons. The van der Waals surface area contributed by atoms with Gasteiger partial charge in [-0.2, -0.15) is 0 Å². The molecule has 2 N–H and O–H groups in total. The minimum absolute atomic E-state index is 0.0748. The summed E-state index contributed by atoms with van der Waals surface area (Å²) >= 11 is 3.27. The van der Waals surface area contributed by atoms with Gasteiger partial charge in [0.15, 0.2) is 0 Å². The highest BCUT2D eigenvalue weighted by Gasteiger charge is 2.04. The Morgan fingerprint density at radius 1 is 0.921 bits per heavy atom. The van der Waals surface area contributed by atoms with Crippen molar-refractivity contribution in [3.8, 4) is 11.5 Å². The van der Waals surface area contributed by atoms with E-state index in [-0.39, 0.29) is 26.3 Å². The van der Waals surface area contributed by atoms with E-state index in [0.717, 1.165) is 17.0 Å². The lowest BCUT2D eigenvalue weighted by atomic mass is 10.3. The molecule has 0 saturated heterocycles. The molecule has 38 heavy (non-hydrogen) atoms. The van der Waals surface area contributed by atoms with E-state index in [1.54, 1.807) is 47.8 Å². The number of isocyanates is 1. The van der Waals surface area contributed by atoms with Crippen LogP contribution in [0.25, 0.3) is 0 Å². The van der Waals surface area contributed by atoms with Crippen molar-refractivity contribution in [1.82, 2.24) is 5.32 Å². The van der Waals surface area contributed by atoms with Crippen LogP contribution in [0.1, 0.15) is 0 Å². The van der Waals surface area contributed by atoms with Crippen molar-refractivity contribution in [2.24, 2.45) is 4.99 Å². The summed E-state index contributed by atoms with van der Waals surface area (Å²) in [7, 11) is 0. The topological polar surface area (TPSA) is 141 Å². The van der Waals surface area contributed by atoms with Crippen LogP contribution in [0.5, 0.6) is 11.5 Å². The van der Waals surface area contributed by atoms with Crippen LogP contribution < -0.4 is 10.1 Å². The first-order chi connectivity index (χ1) is 18.3. The standard InChI is InChI=1S/C13H15NO4S.C7H8OS.C6H7NO3/c1-3-12(15)17-9-8-14-13(16)18-10-4-6-11(19-2)7-5-10;1-9-7-4-2-6(8)3-5-7;1-2-6(9)10-4-3-7-5-8/h3-7H,1,8-9H2,2H3,(H,14,16);2-5,8H,1H3;2H,1,3-4H2. The predicted octanol–water partition coefficient (Wildman–Crippen LogP) is 4.39. The second kappa shape index (κ2) is 22.2. The largest absolute Gasteiger partial charge is 0.508 e. The van der Waals surface area contributed by atoms with Gasteiger partial charge in [-0.1, -0.05) is 13.2 Å². The SMILES string of the molecule is C=CC(=O)OCCN=C=O.C=CC(=O)OCCNC(=O)Oc1ccc(SC)cc1.CSc1ccc(O)cc1. The molecule has 0 aromatic heterocycles. The molecule has 2 aromatic carbocycles. The van der Waals surface area contributed by atoms with E-state index >= 15 is 0 Å². The third-order valence-corrected chi connectivity index (χ3v) is 5.29. The fourth-order valence-electron chi connectivity index (χ4n) is 2.03. The maximum Gasteiger partial charge on any atom is 0.412 e. The molecule has 0 bridgehead atoms. The zero-order valence-electron chi connectivity index (χ0n) is 21.1. The molecule has 0 fully saturated rings. The van der Waals surface area contributed by atoms with Gasteiger partial charge in [-0.15, -0.1) is 23.5 Å². The summed E-state index contributed by atoms with van der Waals surface area (Å²) in [6.07, 6.45) is 6.81. The van der Waals surface area contributed by atoms with E-state index < -0.39 is 18.0 Å². The average Bonchev–Trinajstić information content (AvgIpc) is 2.94. The summed E-state index contributed by atoms with van der Waals surface area (Å²) in [5, 5.41) is 11.3. The summed E-state index contributed by atoms with van der Waals surface area (Å²) in [4.78, 5) is 47.3. The van der Waals surface area contributed by atoms with Gasteiger partial charge in [-0.05, 0) is 61.0 Å². The molecule has 0 aliphatic heterocycles. The van der Waals surface area contributed by atoms with Gasteiger partial charge in [0.1, 0.15) is 24.7 Å². The molecule has 0 spiro atoms. The van der Waals surface area contributed by atoms with Crippen molar-refractivity contribution in [3.63, 3.8) is 0 Å². The van der Waals surface area contributed by atoms with E-state index in [1.165, 1.54) is 11.0 Å². The average molecular weight is 563 g/mol. The normalized spacial score (nSPS) is 9.00. The van der Waals surface area contributed by atoms with Crippen molar-refractivity contribution in [3.05, 3.63) is 73.8 Å². The minimum atomic E-state index is -0.591. The molecule has 0 aliphatic carbocycles. The lowest BCUT2D eigenvalue weighted by molar-refractivity contribution is -0.138. The van der Waals surface area contributed by atoms with Gasteiger partial charge >= 0.3 is 18.0 Å². The maximum absolute atomic E-state index is 11.4. The van der Waals surface area contributed by atoms with Gasteiger partial charge in [0, 0.05) is 21.9 Å². The maximum atomic E-state index is 11.4. The van der Waals surface area contributed by atoms with E-state index in [1.807, 2.05) is 36.8 Å². The summed E-state index contributed by atoms with van der Waals surface area (Å²) in [6, 6.07) is 14.3. The Morgan fingerprint density at radius 3 is 1.89 bits per heavy atom. The molecule has 0 aliphatic rings. The van der Waals surface area contributed by atoms with Gasteiger partial charge in [-0.25, -0.2) is 24.2 Å². The van der Waals surface area contributed by atoms with Gasteiger partial charge < -0.3 is 24.6 Å². The minimum Gasteiger partial charge on any atom is -0.508 e. The monoisotopic (exact) mass is 562 g/mol. The van der Waals surface area contributed by atoms with E-state index in [9.17, 15) is 19.2 Å². The van der Waals surface area contributed by atoms with Gasteiger partial charge in [0.2, 0.25) is 6.08 Å². The molecule has 0 heterocycles. The van der Waals surface area contributed by atoms with Crippen LogP contribution >= 0.6 is 23.5 Å². The van der Waals surface area contributed by atoms with Crippen LogP contribution in [0.2, 0.25) is 0 Å². The number of carbonyl (C=O) groups is 3. The lowest BCUT2D eigenvalue weighted by Gasteiger charge is -2.07. The number of hydrogen-bond donors (Lipinski definition) is 2. The number of aromatic hydroxyl groups is 1. The first-order valence-electron chi connectivity index (χ1n) is 10.8. The highest BCUT2D eigenvalue weighted by molar-refractivity contribution is 7.98. The zero-order chi connectivity index (χ0) is 28.6. The highest BCUT2D eigenvalue weighted by atomic mass is 32.2. The van der Waals surface area contributed by atoms with Crippen LogP contribution in [-0.4, -0.2) is 68.0 Å². The first-order valence-corrected chi connectivity index (χ1v) is 13.3. The van der Waals surface area contributed by atoms with Crippen LogP contribution in [0, 0.1) is 0 Å². The number of carbonyl (C=O) groups excluding carboxylic acids is 4. The second-order valence-corrected chi connectivity index (χ2v) is 8.17. The molecule has 0 unspecified atom stereocenters. The fraction of sp³-hybridized carbons (Fsp3) is 0.231. The van der Waals surface area contributed by atoms with E-state index in [0.29, 0.717) is 11.5 Å². The summed E-state index contributed by atoms with van der Waals surface area (Å²) < 4.78 is 14.2. The van der Waals surface area contributed by atoms with Crippen LogP contribution in [0.4, 0.5) is 4.79 Å². The molecule has 0 atom stereocenters. The number of esters is 2. The molecule has 2 rings (SSSR count). The number of thioether (sulfide) groups is 2. The molecular formula is C26H30N2O8S2. The summed E-state index contributed by atoms with van der Waals surface area (Å²) in [6.45, 7) is 6.94. The van der Waals surface area contributed by atoms with Crippen molar-refractivity contribution >= 4 is 47.6 Å². The zero-order valence-corrected chi connectivity index (χ0v) is 22.7. The Hall–Kier alpha value is -3.99. The first kappa shape index (κ1) is 34.0. The number of rotatable bonds is 11. The Bertz CT molecular complexity index is 1050. The van der Waals surface area contributed by atoms with Crippen molar-refractivity contribution in [2.75, 3.05) is 38.8 Å². The Morgan fingerprint density at radius 2 is 1.42 bits per heavy atom. The number of nitrogens with zero attached hydrogens (tertiary/aromatic N) is 1. The van der Waals surface area contributed by atoms with E-state index in [2.05, 4.69) is 28.2 Å². The summed E-state index contributed by atoms with van der Waals surface area (Å²) in [5.74, 6) is -0.255. The van der Waals surface area contributed by atoms with Crippen LogP contribution in [0.15, 0.2) is 88.6 Å². The van der Waals surface area contributed by atoms with Crippen molar-refractivity contribution < 1.29 is 38.5 Å². The molecule has 1 amide bonds.